The molecule has 1 amide bonds. The van der Waals surface area contributed by atoms with Gasteiger partial charge >= 0.3 is 7.82 Å². The number of nitrogens with zero attached hydrogens (tertiary/aromatic N) is 2. The van der Waals surface area contributed by atoms with E-state index in [4.69, 9.17) is 13.6 Å². The first-order chi connectivity index (χ1) is 16.3. The second-order valence-corrected chi connectivity index (χ2v) is 14.3. The van der Waals surface area contributed by atoms with Gasteiger partial charge < -0.3 is 9.88 Å². The van der Waals surface area contributed by atoms with E-state index in [-0.39, 0.29) is 17.3 Å². The molecule has 1 heterocycles. The topological polar surface area (TPSA) is 91.7 Å². The number of phosphoric acid groups is 1. The molecule has 11 heteroatoms. The zero-order valence-corrected chi connectivity index (χ0v) is 24.2. The summed E-state index contributed by atoms with van der Waals surface area (Å²) < 4.78 is 30.5. The lowest BCUT2D eigenvalue weighted by Gasteiger charge is -2.25. The van der Waals surface area contributed by atoms with Gasteiger partial charge in [-0.1, -0.05) is 39.8 Å². The maximum absolute atomic E-state index is 12.7. The third-order valence-electron chi connectivity index (χ3n) is 4.88. The molecular formula is C24H38N3O5PS2. The zero-order chi connectivity index (χ0) is 26.1. The molecule has 8 nitrogen and oxygen atoms in total. The van der Waals surface area contributed by atoms with E-state index in [1.165, 1.54) is 7.11 Å². The molecule has 0 aliphatic carbocycles. The first kappa shape index (κ1) is 29.9. The van der Waals surface area contributed by atoms with Crippen LogP contribution in [0.5, 0.6) is 0 Å². The smallest absolute Gasteiger partial charge is 0.349 e. The van der Waals surface area contributed by atoms with Gasteiger partial charge in [0.15, 0.2) is 0 Å². The number of aryl methyl sites for hydroxylation is 1. The molecule has 1 aromatic carbocycles. The van der Waals surface area contributed by atoms with E-state index in [2.05, 4.69) is 30.2 Å². The predicted octanol–water partition coefficient (Wildman–Crippen LogP) is 6.16. The molecule has 1 atom stereocenters. The summed E-state index contributed by atoms with van der Waals surface area (Å²) in [5, 5.41) is 2.94. The van der Waals surface area contributed by atoms with Crippen molar-refractivity contribution in [1.82, 2.24) is 14.9 Å². The molecular weight excluding hydrogens is 505 g/mol. The molecule has 35 heavy (non-hydrogen) atoms. The van der Waals surface area contributed by atoms with Crippen molar-refractivity contribution in [3.8, 4) is 0 Å². The second-order valence-electron chi connectivity index (χ2n) is 9.68. The Hall–Kier alpha value is -1.29. The number of aromatic nitrogens is 2. The summed E-state index contributed by atoms with van der Waals surface area (Å²) in [6, 6.07) is 8.06. The summed E-state index contributed by atoms with van der Waals surface area (Å²) in [7, 11) is 3.03. The third-order valence-corrected chi connectivity index (χ3v) is 10.1. The van der Waals surface area contributed by atoms with Crippen molar-refractivity contribution in [2.45, 2.75) is 75.7 Å². The Balaban J connectivity index is 1.83. The van der Waals surface area contributed by atoms with Crippen LogP contribution in [0.1, 0.15) is 58.8 Å². The fraction of sp³-hybridized carbons (Fsp3) is 0.583. The lowest BCUT2D eigenvalue weighted by molar-refractivity contribution is -0.121. The summed E-state index contributed by atoms with van der Waals surface area (Å²) in [6.45, 7) is 10.3. The van der Waals surface area contributed by atoms with Gasteiger partial charge in [0.1, 0.15) is 5.82 Å². The van der Waals surface area contributed by atoms with Gasteiger partial charge in [-0.2, -0.15) is 0 Å². The summed E-state index contributed by atoms with van der Waals surface area (Å²) in [6.07, 6.45) is 5.33. The molecule has 0 bridgehead atoms. The second kappa shape index (κ2) is 13.3. The van der Waals surface area contributed by atoms with Crippen molar-refractivity contribution in [2.24, 2.45) is 7.05 Å². The monoisotopic (exact) mass is 543 g/mol. The van der Waals surface area contributed by atoms with Gasteiger partial charge in [0.2, 0.25) is 5.91 Å². The average molecular weight is 544 g/mol. The van der Waals surface area contributed by atoms with Gasteiger partial charge in [0, 0.05) is 42.6 Å². The molecule has 0 saturated heterocycles. The van der Waals surface area contributed by atoms with E-state index in [0.717, 1.165) is 22.7 Å². The van der Waals surface area contributed by atoms with Crippen LogP contribution in [0.4, 0.5) is 0 Å². The first-order valence-corrected chi connectivity index (χ1v) is 15.1. The first-order valence-electron chi connectivity index (χ1n) is 11.5. The molecule has 0 fully saturated rings. The van der Waals surface area contributed by atoms with Crippen LogP contribution in [-0.2, 0) is 42.9 Å². The average Bonchev–Trinajstić information content (AvgIpc) is 3.19. The van der Waals surface area contributed by atoms with Crippen molar-refractivity contribution in [2.75, 3.05) is 13.7 Å². The van der Waals surface area contributed by atoms with E-state index in [9.17, 15) is 9.36 Å². The van der Waals surface area contributed by atoms with E-state index in [1.54, 1.807) is 48.6 Å². The Kier molecular flexibility index (Phi) is 11.4. The van der Waals surface area contributed by atoms with Gasteiger partial charge in [0.25, 0.3) is 0 Å². The fourth-order valence-electron chi connectivity index (χ4n) is 2.96. The van der Waals surface area contributed by atoms with Crippen LogP contribution in [0.25, 0.3) is 0 Å². The van der Waals surface area contributed by atoms with E-state index >= 15 is 0 Å². The summed E-state index contributed by atoms with van der Waals surface area (Å²) >= 11 is 0. The minimum atomic E-state index is -3.61. The molecule has 2 rings (SSSR count). The number of benzene rings is 1. The van der Waals surface area contributed by atoms with Crippen LogP contribution in [0.15, 0.2) is 41.6 Å². The highest BCUT2D eigenvalue weighted by molar-refractivity contribution is 8.77. The minimum absolute atomic E-state index is 0.0178. The number of carbonyl (C=O) groups is 1. The largest absolute Gasteiger partial charge is 0.475 e. The molecule has 196 valence electrons. The van der Waals surface area contributed by atoms with Crippen molar-refractivity contribution >= 4 is 35.3 Å². The number of hydrogen-bond donors (Lipinski definition) is 1. The van der Waals surface area contributed by atoms with Crippen molar-refractivity contribution in [1.29, 1.82) is 0 Å². The van der Waals surface area contributed by atoms with Crippen LogP contribution in [0, 0.1) is 0 Å². The maximum atomic E-state index is 12.7. The Morgan fingerprint density at radius 2 is 1.91 bits per heavy atom. The highest BCUT2D eigenvalue weighted by Crippen LogP contribution is 2.52. The highest BCUT2D eigenvalue weighted by Gasteiger charge is 2.31. The molecule has 0 aliphatic heterocycles. The predicted molar refractivity (Wildman–Crippen MR) is 143 cm³/mol. The Morgan fingerprint density at radius 3 is 2.54 bits per heavy atom. The number of amides is 1. The minimum Gasteiger partial charge on any atom is -0.349 e. The normalized spacial score (nSPS) is 14.0. The molecule has 0 aliphatic rings. The number of hydrogen-bond acceptors (Lipinski definition) is 8. The molecule has 1 aromatic heterocycles. The van der Waals surface area contributed by atoms with Crippen LogP contribution in [0.2, 0.25) is 0 Å². The van der Waals surface area contributed by atoms with Gasteiger partial charge in [-0.3, -0.25) is 18.4 Å². The van der Waals surface area contributed by atoms with Crippen molar-refractivity contribution in [3.05, 3.63) is 48.0 Å². The van der Waals surface area contributed by atoms with Gasteiger partial charge in [-0.25, -0.2) is 9.55 Å². The van der Waals surface area contributed by atoms with E-state index in [1.807, 2.05) is 36.0 Å². The van der Waals surface area contributed by atoms with Crippen LogP contribution in [0.3, 0.4) is 0 Å². The third kappa shape index (κ3) is 11.1. The Morgan fingerprint density at radius 1 is 1.20 bits per heavy atom. The number of phosphoric ester groups is 1. The Labute approximate surface area is 217 Å². The Bertz CT molecular complexity index is 1010. The highest BCUT2D eigenvalue weighted by atomic mass is 33.1. The van der Waals surface area contributed by atoms with Crippen molar-refractivity contribution < 1.29 is 22.9 Å². The van der Waals surface area contributed by atoms with Crippen molar-refractivity contribution in [3.63, 3.8) is 0 Å². The number of rotatable bonds is 14. The maximum Gasteiger partial charge on any atom is 0.475 e. The SMILES string of the molecule is COP(=O)(OCCc1ccccc1SSC(C)(C)CCC(=O)NCc1nccn1C)OC(C)(C)C. The lowest BCUT2D eigenvalue weighted by atomic mass is 10.1. The summed E-state index contributed by atoms with van der Waals surface area (Å²) in [4.78, 5) is 17.6. The molecule has 0 saturated carbocycles. The zero-order valence-electron chi connectivity index (χ0n) is 21.7. The number of nitrogens with one attached hydrogen (secondary N) is 1. The van der Waals surface area contributed by atoms with Gasteiger partial charge in [-0.05, 0) is 59.1 Å². The number of carbonyl (C=O) groups excluding carboxylic acids is 1. The quantitative estimate of drug-likeness (QED) is 0.224. The van der Waals surface area contributed by atoms with Crippen LogP contribution >= 0.6 is 29.4 Å². The molecule has 1 unspecified atom stereocenters. The van der Waals surface area contributed by atoms with Gasteiger partial charge in [-0.15, -0.1) is 0 Å². The number of imidazole rings is 1. The van der Waals surface area contributed by atoms with E-state index in [0.29, 0.717) is 19.4 Å². The van der Waals surface area contributed by atoms with Gasteiger partial charge in [0.05, 0.1) is 18.8 Å². The summed E-state index contributed by atoms with van der Waals surface area (Å²) in [5.41, 5.74) is 0.448. The standard InChI is InChI=1S/C24H38N3O5PS2/c1-23(2,3)32-33(29,30-7)31-17-13-19-10-8-9-11-20(19)34-35-24(4,5)14-12-22(28)26-18-21-25-15-16-27(21)6/h8-11,15-16H,12-14,17-18H2,1-7H3,(H,26,28). The molecule has 0 spiro atoms. The molecule has 2 aromatic rings. The lowest BCUT2D eigenvalue weighted by Crippen LogP contribution is -2.26. The molecule has 1 N–H and O–H groups in total. The van der Waals surface area contributed by atoms with E-state index < -0.39 is 13.4 Å². The van der Waals surface area contributed by atoms with Crippen LogP contribution < -0.4 is 5.32 Å². The molecule has 0 radical (unpaired) electrons. The summed E-state index contributed by atoms with van der Waals surface area (Å²) in [5.74, 6) is 0.847. The van der Waals surface area contributed by atoms with Crippen LogP contribution in [-0.4, -0.2) is 39.5 Å². The fourth-order valence-corrected chi connectivity index (χ4v) is 6.77.